The van der Waals surface area contributed by atoms with E-state index in [4.69, 9.17) is 0 Å². The Kier molecular flexibility index (Phi) is 5.83. The molecular weight excluding hydrogens is 256 g/mol. The quantitative estimate of drug-likeness (QED) is 0.697. The van der Waals surface area contributed by atoms with Crippen molar-refractivity contribution in [3.05, 3.63) is 35.9 Å². The summed E-state index contributed by atoms with van der Waals surface area (Å²) in [7, 11) is 2.30. The summed E-state index contributed by atoms with van der Waals surface area (Å²) in [6, 6.07) is 11.7. The lowest BCUT2D eigenvalue weighted by Gasteiger charge is -2.37. The van der Waals surface area contributed by atoms with Gasteiger partial charge in [0.2, 0.25) is 0 Å². The number of hydrogen-bond acceptors (Lipinski definition) is 2. The summed E-state index contributed by atoms with van der Waals surface area (Å²) < 4.78 is 0. The van der Waals surface area contributed by atoms with Gasteiger partial charge in [-0.15, -0.1) is 0 Å². The first-order valence-electron chi connectivity index (χ1n) is 8.53. The Morgan fingerprint density at radius 2 is 1.95 bits per heavy atom. The zero-order valence-corrected chi connectivity index (χ0v) is 14.2. The van der Waals surface area contributed by atoms with Gasteiger partial charge in [0.15, 0.2) is 0 Å². The Balaban J connectivity index is 2.07. The predicted molar refractivity (Wildman–Crippen MR) is 91.8 cm³/mol. The molecule has 0 aliphatic heterocycles. The van der Waals surface area contributed by atoms with Crippen molar-refractivity contribution in [2.45, 2.75) is 51.5 Å². The van der Waals surface area contributed by atoms with Crippen molar-refractivity contribution in [3.63, 3.8) is 0 Å². The van der Waals surface area contributed by atoms with Crippen molar-refractivity contribution in [2.75, 3.05) is 26.7 Å². The van der Waals surface area contributed by atoms with Crippen LogP contribution in [0.1, 0.15) is 45.6 Å². The van der Waals surface area contributed by atoms with Gasteiger partial charge in [-0.25, -0.2) is 0 Å². The molecule has 1 fully saturated rings. The van der Waals surface area contributed by atoms with Crippen LogP contribution in [0, 0.1) is 5.92 Å². The SMILES string of the molecule is CCCNCC(C)(CN(C)C(C)C1CC1)c1ccccc1. The molecule has 1 N–H and O–H groups in total. The molecule has 0 amide bonds. The van der Waals surface area contributed by atoms with Gasteiger partial charge in [-0.2, -0.15) is 0 Å². The summed E-state index contributed by atoms with van der Waals surface area (Å²) in [4.78, 5) is 2.57. The summed E-state index contributed by atoms with van der Waals surface area (Å²) in [5.41, 5.74) is 1.62. The van der Waals surface area contributed by atoms with E-state index in [1.54, 1.807) is 0 Å². The second-order valence-electron chi connectivity index (χ2n) is 7.10. The monoisotopic (exact) mass is 288 g/mol. The number of nitrogens with zero attached hydrogens (tertiary/aromatic N) is 1. The van der Waals surface area contributed by atoms with Gasteiger partial charge >= 0.3 is 0 Å². The number of hydrogen-bond donors (Lipinski definition) is 1. The third-order valence-corrected chi connectivity index (χ3v) is 5.01. The highest BCUT2D eigenvalue weighted by Gasteiger charge is 2.34. The maximum absolute atomic E-state index is 3.64. The predicted octanol–water partition coefficient (Wildman–Crippen LogP) is 3.67. The van der Waals surface area contributed by atoms with E-state index in [2.05, 4.69) is 68.4 Å². The summed E-state index contributed by atoms with van der Waals surface area (Å²) in [6.45, 7) is 10.3. The van der Waals surface area contributed by atoms with Crippen molar-refractivity contribution in [1.82, 2.24) is 10.2 Å². The zero-order valence-electron chi connectivity index (χ0n) is 14.2. The Labute approximate surface area is 130 Å². The van der Waals surface area contributed by atoms with Crippen molar-refractivity contribution >= 4 is 0 Å². The molecule has 1 aliphatic carbocycles. The lowest BCUT2D eigenvalue weighted by molar-refractivity contribution is 0.184. The molecule has 2 atom stereocenters. The molecule has 1 aromatic rings. The van der Waals surface area contributed by atoms with Crippen LogP contribution in [-0.4, -0.2) is 37.6 Å². The molecule has 0 spiro atoms. The van der Waals surface area contributed by atoms with Crippen molar-refractivity contribution < 1.29 is 0 Å². The maximum atomic E-state index is 3.64. The van der Waals surface area contributed by atoms with Gasteiger partial charge < -0.3 is 10.2 Å². The average Bonchev–Trinajstić information content (AvgIpc) is 3.32. The van der Waals surface area contributed by atoms with E-state index >= 15 is 0 Å². The molecule has 2 rings (SSSR count). The molecule has 0 bridgehead atoms. The highest BCUT2D eigenvalue weighted by Crippen LogP contribution is 2.36. The van der Waals surface area contributed by atoms with Crippen LogP contribution in [0.15, 0.2) is 30.3 Å². The van der Waals surface area contributed by atoms with E-state index in [0.717, 1.165) is 25.6 Å². The molecule has 118 valence electrons. The van der Waals surface area contributed by atoms with Crippen LogP contribution >= 0.6 is 0 Å². The first-order valence-corrected chi connectivity index (χ1v) is 8.53. The lowest BCUT2D eigenvalue weighted by atomic mass is 9.81. The van der Waals surface area contributed by atoms with E-state index in [-0.39, 0.29) is 5.41 Å². The number of benzene rings is 1. The molecule has 1 saturated carbocycles. The van der Waals surface area contributed by atoms with Crippen LogP contribution in [0.4, 0.5) is 0 Å². The highest BCUT2D eigenvalue weighted by atomic mass is 15.1. The van der Waals surface area contributed by atoms with E-state index in [1.165, 1.54) is 24.8 Å². The van der Waals surface area contributed by atoms with Gasteiger partial charge in [0.1, 0.15) is 0 Å². The highest BCUT2D eigenvalue weighted by molar-refractivity contribution is 5.25. The molecule has 0 aromatic heterocycles. The summed E-state index contributed by atoms with van der Waals surface area (Å²) in [5, 5.41) is 3.64. The van der Waals surface area contributed by atoms with Crippen LogP contribution in [0.25, 0.3) is 0 Å². The van der Waals surface area contributed by atoms with Gasteiger partial charge in [0.25, 0.3) is 0 Å². The van der Waals surface area contributed by atoms with Crippen molar-refractivity contribution in [1.29, 1.82) is 0 Å². The third-order valence-electron chi connectivity index (χ3n) is 5.01. The lowest BCUT2D eigenvalue weighted by Crippen LogP contribution is -2.47. The van der Waals surface area contributed by atoms with Crippen LogP contribution < -0.4 is 5.32 Å². The Morgan fingerprint density at radius 1 is 1.29 bits per heavy atom. The standard InChI is InChI=1S/C19H32N2/c1-5-13-20-14-19(3,18-9-7-6-8-10-18)15-21(4)16(2)17-11-12-17/h6-10,16-17,20H,5,11-15H2,1-4H3. The second-order valence-corrected chi connectivity index (χ2v) is 7.10. The summed E-state index contributed by atoms with van der Waals surface area (Å²) in [6.07, 6.45) is 4.03. The molecule has 2 heteroatoms. The summed E-state index contributed by atoms with van der Waals surface area (Å²) in [5.74, 6) is 0.929. The number of rotatable bonds is 9. The first-order chi connectivity index (χ1) is 10.1. The summed E-state index contributed by atoms with van der Waals surface area (Å²) >= 11 is 0. The topological polar surface area (TPSA) is 15.3 Å². The molecule has 1 aromatic carbocycles. The maximum Gasteiger partial charge on any atom is 0.0177 e. The van der Waals surface area contributed by atoms with E-state index in [1.807, 2.05) is 0 Å². The first kappa shape index (κ1) is 16.5. The fourth-order valence-electron chi connectivity index (χ4n) is 3.26. The Morgan fingerprint density at radius 3 is 2.52 bits per heavy atom. The minimum Gasteiger partial charge on any atom is -0.316 e. The zero-order chi connectivity index (χ0) is 15.3. The van der Waals surface area contributed by atoms with Gasteiger partial charge in [0.05, 0.1) is 0 Å². The van der Waals surface area contributed by atoms with Gasteiger partial charge in [-0.3, -0.25) is 0 Å². The normalized spacial score (nSPS) is 19.5. The largest absolute Gasteiger partial charge is 0.316 e. The average molecular weight is 288 g/mol. The Hall–Kier alpha value is -0.860. The molecule has 2 unspecified atom stereocenters. The fourth-order valence-corrected chi connectivity index (χ4v) is 3.26. The van der Waals surface area contributed by atoms with Crippen LogP contribution in [0.2, 0.25) is 0 Å². The molecule has 1 aliphatic rings. The minimum atomic E-state index is 0.175. The van der Waals surface area contributed by atoms with Crippen molar-refractivity contribution in [2.24, 2.45) is 5.92 Å². The minimum absolute atomic E-state index is 0.175. The Bertz CT molecular complexity index is 413. The van der Waals surface area contributed by atoms with E-state index < -0.39 is 0 Å². The molecule has 0 radical (unpaired) electrons. The number of nitrogens with one attached hydrogen (secondary N) is 1. The third kappa shape index (κ3) is 4.55. The molecule has 0 heterocycles. The molecule has 0 saturated heterocycles. The fraction of sp³-hybridized carbons (Fsp3) is 0.684. The molecule has 21 heavy (non-hydrogen) atoms. The van der Waals surface area contributed by atoms with Gasteiger partial charge in [0, 0.05) is 24.5 Å². The molecule has 2 nitrogen and oxygen atoms in total. The number of likely N-dealkylation sites (N-methyl/N-ethyl adjacent to an activating group) is 1. The van der Waals surface area contributed by atoms with Crippen LogP contribution in [0.3, 0.4) is 0 Å². The van der Waals surface area contributed by atoms with Gasteiger partial charge in [-0.05, 0) is 51.3 Å². The van der Waals surface area contributed by atoms with Gasteiger partial charge in [-0.1, -0.05) is 44.2 Å². The smallest absolute Gasteiger partial charge is 0.0177 e. The van der Waals surface area contributed by atoms with Crippen LogP contribution in [0.5, 0.6) is 0 Å². The van der Waals surface area contributed by atoms with E-state index in [9.17, 15) is 0 Å². The van der Waals surface area contributed by atoms with Crippen molar-refractivity contribution in [3.8, 4) is 0 Å². The second kappa shape index (κ2) is 7.42. The van der Waals surface area contributed by atoms with Crippen LogP contribution in [-0.2, 0) is 5.41 Å². The van der Waals surface area contributed by atoms with E-state index in [0.29, 0.717) is 6.04 Å². The molecular formula is C19H32N2.